The molecule has 1 aromatic heterocycles. The summed E-state index contributed by atoms with van der Waals surface area (Å²) >= 11 is 0. The van der Waals surface area contributed by atoms with E-state index in [4.69, 9.17) is 0 Å². The van der Waals surface area contributed by atoms with E-state index in [2.05, 4.69) is 353 Å². The van der Waals surface area contributed by atoms with Crippen LogP contribution in [0.4, 0.5) is 0 Å². The highest BCUT2D eigenvalue weighted by atomic mass is 14.6. The lowest BCUT2D eigenvalue weighted by molar-refractivity contribution is 0.626. The molecule has 1 heteroatoms. The van der Waals surface area contributed by atoms with Gasteiger partial charge < -0.3 is 0 Å². The van der Waals surface area contributed by atoms with Gasteiger partial charge in [0.25, 0.3) is 0 Å². The number of nitrogens with zero attached hydrogens (tertiary/aromatic N) is 1. The van der Waals surface area contributed by atoms with Gasteiger partial charge in [0.15, 0.2) is 0 Å². The van der Waals surface area contributed by atoms with E-state index in [0.29, 0.717) is 0 Å². The first-order chi connectivity index (χ1) is 70.5. The van der Waals surface area contributed by atoms with Gasteiger partial charge in [-0.05, 0) is 122 Å². The Kier molecular flexibility index (Phi) is 224. The van der Waals surface area contributed by atoms with Crippen molar-refractivity contribution < 1.29 is 0 Å². The smallest absolute Gasteiger partial charge is 0.0701 e. The second-order valence-electron chi connectivity index (χ2n) is 30.7. The maximum absolute atomic E-state index is 4.18. The second kappa shape index (κ2) is 180. The molecule has 1 heterocycles. The Morgan fingerprint density at radius 3 is 0.407 bits per heavy atom. The molecule has 12 aromatic carbocycles. The Morgan fingerprint density at radius 2 is 0.262 bits per heavy atom. The largest absolute Gasteiger partial charge is 0.256 e. The zero-order chi connectivity index (χ0) is 117. The van der Waals surface area contributed by atoms with Crippen LogP contribution in [0.5, 0.6) is 0 Å². The lowest BCUT2D eigenvalue weighted by atomic mass is 10.0. The fraction of sp³-hybridized carbons (Fsp3) is 0.507. The molecule has 0 spiro atoms. The number of aromatic nitrogens is 1. The number of fused-ring (bicyclic) bond motifs is 3. The molecule has 0 bridgehead atoms. The van der Waals surface area contributed by atoms with E-state index >= 15 is 0 Å². The highest BCUT2D eigenvalue weighted by molar-refractivity contribution is 5.98. The van der Waals surface area contributed by atoms with Crippen LogP contribution in [0.1, 0.15) is 450 Å². The fourth-order valence-corrected chi connectivity index (χ4v) is 7.13. The van der Waals surface area contributed by atoms with Gasteiger partial charge in [-0.15, -0.1) is 0 Å². The van der Waals surface area contributed by atoms with Crippen molar-refractivity contribution in [1.82, 2.24) is 4.98 Å². The van der Waals surface area contributed by atoms with E-state index in [1.165, 1.54) is 101 Å². The van der Waals surface area contributed by atoms with Crippen LogP contribution in [-0.2, 0) is 6.42 Å². The van der Waals surface area contributed by atoms with E-state index in [9.17, 15) is 0 Å². The highest BCUT2D eigenvalue weighted by Crippen LogP contribution is 2.23. The molecule has 0 radical (unpaired) electrons. The van der Waals surface area contributed by atoms with Crippen molar-refractivity contribution in [3.8, 4) is 11.1 Å². The van der Waals surface area contributed by atoms with Gasteiger partial charge in [0.2, 0.25) is 0 Å². The predicted molar refractivity (Wildman–Crippen MR) is 699 cm³/mol. The lowest BCUT2D eigenvalue weighted by Crippen LogP contribution is -1.85. The molecule has 0 amide bonds. The topological polar surface area (TPSA) is 12.9 Å². The SMILES string of the molecule is CC.CC.CC.CC.CC.CC.CC.CC.CC.CC.CC.CC.CC.CC.CC.CC.CCC(C)C.CCC(C)C.CCC(C)C.CCC(C)C.CCC(C)C.CCC(C)C.CCC(C)C.CCC(C)C.c1ccc(-c2ccccc2)cc1.c1ccc(Cc2ccccc2)cc1.c1ccc2cc3ccccc3cc2c1.c1ccc2ncccc2c1.c1ccccc1.c1ccccc1.c1ccccc1.c1ccccc1. The zero-order valence-electron chi connectivity index (χ0n) is 108. The molecule has 836 valence electrons. The molecule has 0 aliphatic carbocycles. The first-order valence-corrected chi connectivity index (χ1v) is 58.8. The van der Waals surface area contributed by atoms with E-state index in [1.807, 2.05) is 410 Å². The monoisotopic (exact) mass is 2000 g/mol. The van der Waals surface area contributed by atoms with Crippen molar-refractivity contribution >= 4 is 32.4 Å². The van der Waals surface area contributed by atoms with Crippen LogP contribution >= 0.6 is 0 Å². The quantitative estimate of drug-likeness (QED) is 0.118. The molecular weight excluding hydrogens is 1740 g/mol. The summed E-state index contributed by atoms with van der Waals surface area (Å²) in [5.74, 6) is 7.07. The minimum absolute atomic E-state index is 0.884. The van der Waals surface area contributed by atoms with Crippen LogP contribution < -0.4 is 0 Å². The van der Waals surface area contributed by atoms with E-state index in [0.717, 1.165) is 59.3 Å². The standard InChI is InChI=1S/C14H10.C13H12.C12H10.C9H7N.4C6H6.8C5H12.16C2H6/c1-2-6-12-10-14-8-4-3-7-13(14)9-11(12)5-1;1-3-7-12(8-4-1)11-13-9-5-2-6-10-13;1-3-7-11(8-4-1)12-9-5-2-6-10-12;1-2-6-9-8(4-1)5-3-7-10-9;4*1-2-4-6-5-3-1;8*1-4-5(2)3;16*1-2/h1-10H;1-10H,11H2;1-10H;1-7H;4*1-6H;8*5H,4H2,1-3H3;16*1-2H3. The van der Waals surface area contributed by atoms with Crippen LogP contribution in [0.3, 0.4) is 0 Å². The summed E-state index contributed by atoms with van der Waals surface area (Å²) < 4.78 is 0. The maximum Gasteiger partial charge on any atom is 0.0701 e. The Morgan fingerprint density at radius 1 is 0.145 bits per heavy atom. The molecule has 0 fully saturated rings. The molecular formula is C144H255N. The minimum Gasteiger partial charge on any atom is -0.256 e. The summed E-state index contributed by atoms with van der Waals surface area (Å²) in [5, 5.41) is 6.44. The van der Waals surface area contributed by atoms with Gasteiger partial charge in [-0.25, -0.2) is 0 Å². The van der Waals surface area contributed by atoms with Gasteiger partial charge in [0, 0.05) is 11.6 Å². The third kappa shape index (κ3) is 168. The average molecular weight is 2000 g/mol. The third-order valence-corrected chi connectivity index (χ3v) is 17.3. The van der Waals surface area contributed by atoms with Crippen molar-refractivity contribution in [2.75, 3.05) is 0 Å². The number of pyridine rings is 1. The first kappa shape index (κ1) is 181. The Labute approximate surface area is 916 Å². The molecule has 0 saturated carbocycles. The van der Waals surface area contributed by atoms with Crippen LogP contribution in [0.25, 0.3) is 43.6 Å². The van der Waals surface area contributed by atoms with Crippen molar-refractivity contribution in [3.63, 3.8) is 0 Å². The lowest BCUT2D eigenvalue weighted by Gasteiger charge is -2.00. The molecule has 13 rings (SSSR count). The number of hydrogen-bond donors (Lipinski definition) is 0. The molecule has 0 N–H and O–H groups in total. The van der Waals surface area contributed by atoms with Gasteiger partial charge in [0.1, 0.15) is 0 Å². The van der Waals surface area contributed by atoms with Gasteiger partial charge in [-0.3, -0.25) is 4.98 Å². The van der Waals surface area contributed by atoms with Crippen LogP contribution in [-0.4, -0.2) is 4.98 Å². The number of para-hydroxylation sites is 1. The van der Waals surface area contributed by atoms with Crippen LogP contribution in [0.15, 0.2) is 370 Å². The third-order valence-electron chi connectivity index (χ3n) is 17.3. The Hall–Kier alpha value is -9.43. The molecule has 145 heavy (non-hydrogen) atoms. The second-order valence-corrected chi connectivity index (χ2v) is 30.7. The molecule has 1 nitrogen and oxygen atoms in total. The molecule has 0 aliphatic heterocycles. The maximum atomic E-state index is 4.18. The Balaban J connectivity index is -0.0000000682. The van der Waals surface area contributed by atoms with Gasteiger partial charge in [-0.2, -0.15) is 0 Å². The summed E-state index contributed by atoms with van der Waals surface area (Å²) in [5.41, 5.74) is 6.35. The van der Waals surface area contributed by atoms with Crippen molar-refractivity contribution in [1.29, 1.82) is 0 Å². The van der Waals surface area contributed by atoms with Crippen molar-refractivity contribution in [2.24, 2.45) is 47.3 Å². The summed E-state index contributed by atoms with van der Waals surface area (Å²) in [4.78, 5) is 4.18. The summed E-state index contributed by atoms with van der Waals surface area (Å²) in [6.45, 7) is 117. The van der Waals surface area contributed by atoms with Crippen molar-refractivity contribution in [2.45, 2.75) is 446 Å². The fourth-order valence-electron chi connectivity index (χ4n) is 7.13. The predicted octanol–water partition coefficient (Wildman–Crippen LogP) is 52.4. The average Bonchev–Trinajstić information content (AvgIpc) is 0.805. The first-order valence-electron chi connectivity index (χ1n) is 58.8. The molecule has 0 atom stereocenters. The highest BCUT2D eigenvalue weighted by Gasteiger charge is 1.97. The zero-order valence-corrected chi connectivity index (χ0v) is 108. The van der Waals surface area contributed by atoms with E-state index in [1.54, 1.807) is 0 Å². The van der Waals surface area contributed by atoms with Crippen LogP contribution in [0, 0.1) is 47.3 Å². The number of hydrogen-bond acceptors (Lipinski definition) is 1. The molecule has 0 unspecified atom stereocenters. The van der Waals surface area contributed by atoms with Crippen molar-refractivity contribution in [3.05, 3.63) is 381 Å². The van der Waals surface area contributed by atoms with Gasteiger partial charge in [0.05, 0.1) is 5.52 Å². The molecule has 0 saturated heterocycles. The summed E-state index contributed by atoms with van der Waals surface area (Å²) in [7, 11) is 0. The molecule has 13 aromatic rings. The molecule has 0 aliphatic rings. The van der Waals surface area contributed by atoms with Gasteiger partial charge in [-0.1, -0.05) is 779 Å². The number of benzene rings is 12. The Bertz CT molecular complexity index is 3330. The summed E-state index contributed by atoms with van der Waals surface area (Å²) in [6.07, 6.45) is 13.3. The van der Waals surface area contributed by atoms with E-state index in [-0.39, 0.29) is 0 Å². The minimum atomic E-state index is 0.884. The summed E-state index contributed by atoms with van der Waals surface area (Å²) in [6, 6.07) is 123. The van der Waals surface area contributed by atoms with Gasteiger partial charge >= 0.3 is 0 Å². The van der Waals surface area contributed by atoms with Crippen LogP contribution in [0.2, 0.25) is 0 Å². The van der Waals surface area contributed by atoms with E-state index < -0.39 is 0 Å². The number of rotatable bonds is 11. The normalized spacial score (nSPS) is 8.06.